The molecule has 6 heteroatoms. The van der Waals surface area contributed by atoms with Crippen molar-refractivity contribution >= 4 is 5.91 Å². The van der Waals surface area contributed by atoms with Crippen LogP contribution in [0.5, 0.6) is 0 Å². The van der Waals surface area contributed by atoms with E-state index in [1.54, 1.807) is 13.0 Å². The van der Waals surface area contributed by atoms with Crippen LogP contribution >= 0.6 is 0 Å². The lowest BCUT2D eigenvalue weighted by atomic mass is 9.68. The normalized spacial score (nSPS) is 18.4. The number of hydrogen-bond donors (Lipinski definition) is 1. The molecule has 0 bridgehead atoms. The monoisotopic (exact) mass is 315 g/mol. The van der Waals surface area contributed by atoms with Gasteiger partial charge in [-0.2, -0.15) is 13.2 Å². The van der Waals surface area contributed by atoms with Crippen LogP contribution < -0.4 is 5.32 Å². The van der Waals surface area contributed by atoms with Crippen molar-refractivity contribution in [3.63, 3.8) is 0 Å². The molecular formula is C16H20F3NO2. The van der Waals surface area contributed by atoms with Gasteiger partial charge in [0.2, 0.25) is 5.91 Å². The fourth-order valence-corrected chi connectivity index (χ4v) is 2.88. The standard InChI is InChI=1S/C16H20F3NO2/c1-11(12-6-3-4-7-13(12)16(17,18)19)20-14(21)15(10-22-2)8-5-9-15/h3-4,6-7,11H,5,8-10H2,1-2H3,(H,20,21). The van der Waals surface area contributed by atoms with Crippen LogP contribution in [0.4, 0.5) is 13.2 Å². The van der Waals surface area contributed by atoms with E-state index in [0.717, 1.165) is 12.5 Å². The molecule has 1 fully saturated rings. The summed E-state index contributed by atoms with van der Waals surface area (Å²) in [7, 11) is 1.52. The van der Waals surface area contributed by atoms with Gasteiger partial charge in [-0.1, -0.05) is 24.6 Å². The molecule has 2 rings (SSSR count). The summed E-state index contributed by atoms with van der Waals surface area (Å²) in [6.07, 6.45) is -2.08. The highest BCUT2D eigenvalue weighted by atomic mass is 19.4. The minimum atomic E-state index is -4.43. The van der Waals surface area contributed by atoms with Gasteiger partial charge in [-0.05, 0) is 31.4 Å². The van der Waals surface area contributed by atoms with Crippen molar-refractivity contribution in [1.29, 1.82) is 0 Å². The lowest BCUT2D eigenvalue weighted by molar-refractivity contribution is -0.143. The maximum atomic E-state index is 13.0. The molecule has 3 nitrogen and oxygen atoms in total. The Morgan fingerprint density at radius 1 is 1.36 bits per heavy atom. The van der Waals surface area contributed by atoms with Crippen LogP contribution in [0, 0.1) is 5.41 Å². The molecule has 1 amide bonds. The molecule has 1 aromatic carbocycles. The highest BCUT2D eigenvalue weighted by Crippen LogP contribution is 2.42. The number of hydrogen-bond acceptors (Lipinski definition) is 2. The number of rotatable bonds is 5. The first kappa shape index (κ1) is 16.8. The molecule has 1 aliphatic rings. The van der Waals surface area contributed by atoms with Crippen molar-refractivity contribution < 1.29 is 22.7 Å². The van der Waals surface area contributed by atoms with E-state index in [0.29, 0.717) is 19.4 Å². The zero-order valence-corrected chi connectivity index (χ0v) is 12.7. The summed E-state index contributed by atoms with van der Waals surface area (Å²) in [5, 5.41) is 2.72. The molecule has 122 valence electrons. The highest BCUT2D eigenvalue weighted by Gasteiger charge is 2.45. The molecule has 22 heavy (non-hydrogen) atoms. The van der Waals surface area contributed by atoms with Crippen LogP contribution in [0.25, 0.3) is 0 Å². The first-order valence-corrected chi connectivity index (χ1v) is 7.26. The molecule has 0 aromatic heterocycles. The van der Waals surface area contributed by atoms with E-state index in [2.05, 4.69) is 5.32 Å². The van der Waals surface area contributed by atoms with Gasteiger partial charge in [0.05, 0.1) is 23.6 Å². The molecular weight excluding hydrogens is 295 g/mol. The smallest absolute Gasteiger partial charge is 0.384 e. The van der Waals surface area contributed by atoms with Crippen LogP contribution in [0.3, 0.4) is 0 Å². The Kier molecular flexibility index (Phi) is 4.80. The summed E-state index contributed by atoms with van der Waals surface area (Å²) in [5.41, 5.74) is -1.22. The first-order valence-electron chi connectivity index (χ1n) is 7.26. The van der Waals surface area contributed by atoms with E-state index in [-0.39, 0.29) is 11.5 Å². The molecule has 1 aromatic rings. The minimum absolute atomic E-state index is 0.0789. The Labute approximate surface area is 127 Å². The number of amides is 1. The summed E-state index contributed by atoms with van der Waals surface area (Å²) in [6.45, 7) is 1.87. The predicted molar refractivity (Wildman–Crippen MR) is 76.2 cm³/mol. The van der Waals surface area contributed by atoms with E-state index in [1.165, 1.54) is 19.2 Å². The largest absolute Gasteiger partial charge is 0.416 e. The Bertz CT molecular complexity index is 538. The first-order chi connectivity index (χ1) is 10.3. The topological polar surface area (TPSA) is 38.3 Å². The third-order valence-electron chi connectivity index (χ3n) is 4.29. The van der Waals surface area contributed by atoms with E-state index in [1.807, 2.05) is 0 Å². The maximum Gasteiger partial charge on any atom is 0.416 e. The molecule has 0 aliphatic heterocycles. The van der Waals surface area contributed by atoms with Gasteiger partial charge in [-0.25, -0.2) is 0 Å². The Morgan fingerprint density at radius 2 is 2.00 bits per heavy atom. The summed E-state index contributed by atoms with van der Waals surface area (Å²) in [5.74, 6) is -0.231. The zero-order valence-electron chi connectivity index (χ0n) is 12.7. The molecule has 1 aliphatic carbocycles. The lowest BCUT2D eigenvalue weighted by Crippen LogP contribution is -2.49. The van der Waals surface area contributed by atoms with E-state index in [4.69, 9.17) is 4.74 Å². The van der Waals surface area contributed by atoms with E-state index >= 15 is 0 Å². The number of nitrogens with one attached hydrogen (secondary N) is 1. The van der Waals surface area contributed by atoms with Crippen molar-refractivity contribution in [2.45, 2.75) is 38.4 Å². The SMILES string of the molecule is COCC1(C(=O)NC(C)c2ccccc2C(F)(F)F)CCC1. The third-order valence-corrected chi connectivity index (χ3v) is 4.29. The van der Waals surface area contributed by atoms with Crippen molar-refractivity contribution in [3.05, 3.63) is 35.4 Å². The third kappa shape index (κ3) is 3.27. The van der Waals surface area contributed by atoms with Gasteiger partial charge >= 0.3 is 6.18 Å². The van der Waals surface area contributed by atoms with Crippen molar-refractivity contribution in [2.24, 2.45) is 5.41 Å². The molecule has 0 heterocycles. The summed E-state index contributed by atoms with van der Waals surface area (Å²) in [6, 6.07) is 4.62. The lowest BCUT2D eigenvalue weighted by Gasteiger charge is -2.40. The van der Waals surface area contributed by atoms with Crippen molar-refractivity contribution in [2.75, 3.05) is 13.7 Å². The fraction of sp³-hybridized carbons (Fsp3) is 0.562. The average Bonchev–Trinajstić information content (AvgIpc) is 2.41. The van der Waals surface area contributed by atoms with Gasteiger partial charge in [0.1, 0.15) is 0 Å². The number of halogens is 3. The molecule has 1 atom stereocenters. The second kappa shape index (κ2) is 6.28. The molecule has 0 radical (unpaired) electrons. The van der Waals surface area contributed by atoms with Gasteiger partial charge in [0.25, 0.3) is 0 Å². The van der Waals surface area contributed by atoms with Crippen LogP contribution in [0.15, 0.2) is 24.3 Å². The molecule has 1 unspecified atom stereocenters. The second-order valence-electron chi connectivity index (χ2n) is 5.85. The summed E-state index contributed by atoms with van der Waals surface area (Å²) >= 11 is 0. The number of ether oxygens (including phenoxy) is 1. The van der Waals surface area contributed by atoms with Gasteiger partial charge in [-0.3, -0.25) is 4.79 Å². The number of alkyl halides is 3. The molecule has 0 spiro atoms. The van der Waals surface area contributed by atoms with Crippen LogP contribution in [-0.4, -0.2) is 19.6 Å². The van der Waals surface area contributed by atoms with Gasteiger partial charge in [0, 0.05) is 7.11 Å². The van der Waals surface area contributed by atoms with Gasteiger partial charge in [-0.15, -0.1) is 0 Å². The zero-order chi connectivity index (χ0) is 16.4. The van der Waals surface area contributed by atoms with E-state index in [9.17, 15) is 18.0 Å². The predicted octanol–water partition coefficient (Wildman–Crippen LogP) is 3.70. The van der Waals surface area contributed by atoms with Crippen molar-refractivity contribution in [1.82, 2.24) is 5.32 Å². The van der Waals surface area contributed by atoms with Crippen LogP contribution in [0.2, 0.25) is 0 Å². The minimum Gasteiger partial charge on any atom is -0.384 e. The second-order valence-corrected chi connectivity index (χ2v) is 5.85. The molecule has 1 N–H and O–H groups in total. The Hall–Kier alpha value is -1.56. The molecule has 1 saturated carbocycles. The van der Waals surface area contributed by atoms with E-state index < -0.39 is 23.2 Å². The Balaban J connectivity index is 2.16. The van der Waals surface area contributed by atoms with Gasteiger partial charge < -0.3 is 10.1 Å². The Morgan fingerprint density at radius 3 is 2.50 bits per heavy atom. The number of benzene rings is 1. The fourth-order valence-electron chi connectivity index (χ4n) is 2.88. The average molecular weight is 315 g/mol. The number of carbonyl (C=O) groups is 1. The van der Waals surface area contributed by atoms with Crippen LogP contribution in [0.1, 0.15) is 43.4 Å². The molecule has 0 saturated heterocycles. The number of carbonyl (C=O) groups excluding carboxylic acids is 1. The highest BCUT2D eigenvalue weighted by molar-refractivity contribution is 5.84. The van der Waals surface area contributed by atoms with Crippen molar-refractivity contribution in [3.8, 4) is 0 Å². The van der Waals surface area contributed by atoms with Crippen LogP contribution in [-0.2, 0) is 15.7 Å². The van der Waals surface area contributed by atoms with Gasteiger partial charge in [0.15, 0.2) is 0 Å². The maximum absolute atomic E-state index is 13.0. The summed E-state index contributed by atoms with van der Waals surface area (Å²) < 4.78 is 44.2. The summed E-state index contributed by atoms with van der Waals surface area (Å²) in [4.78, 5) is 12.4. The number of methoxy groups -OCH3 is 1. The quantitative estimate of drug-likeness (QED) is 0.900.